The number of nitrogens with one attached hydrogen (secondary N) is 2. The lowest BCUT2D eigenvalue weighted by Gasteiger charge is -2.41. The van der Waals surface area contributed by atoms with E-state index in [0.717, 1.165) is 25.3 Å². The van der Waals surface area contributed by atoms with Gasteiger partial charge in [0.2, 0.25) is 5.91 Å². The fourth-order valence-corrected chi connectivity index (χ4v) is 3.48. The number of hydrogen-bond donors (Lipinski definition) is 2. The van der Waals surface area contributed by atoms with Crippen LogP contribution in [0.2, 0.25) is 0 Å². The largest absolute Gasteiger partial charge is 0.371 e. The van der Waals surface area contributed by atoms with Crippen LogP contribution in [-0.4, -0.2) is 41.5 Å². The molecular weight excluding hydrogens is 331 g/mol. The Morgan fingerprint density at radius 3 is 2.69 bits per heavy atom. The third-order valence-electron chi connectivity index (χ3n) is 5.07. The van der Waals surface area contributed by atoms with Gasteiger partial charge in [0, 0.05) is 38.6 Å². The number of aryl methyl sites for hydroxylation is 1. The minimum Gasteiger partial charge on any atom is -0.371 e. The maximum Gasteiger partial charge on any atom is 0.245 e. The number of likely N-dealkylation sites (N-methyl/N-ethyl adjacent to an activating group) is 1. The Morgan fingerprint density at radius 1 is 1.27 bits per heavy atom. The summed E-state index contributed by atoms with van der Waals surface area (Å²) in [4.78, 5) is 19.4. The zero-order chi connectivity index (χ0) is 18.6. The molecule has 6 heteroatoms. The summed E-state index contributed by atoms with van der Waals surface area (Å²) in [6, 6.07) is 10.3. The van der Waals surface area contributed by atoms with Gasteiger partial charge in [-0.05, 0) is 49.6 Å². The highest BCUT2D eigenvalue weighted by molar-refractivity contribution is 5.89. The number of piperidine rings is 1. The van der Waals surface area contributed by atoms with E-state index in [1.54, 1.807) is 19.2 Å². The lowest BCUT2D eigenvalue weighted by atomic mass is 9.86. The summed E-state index contributed by atoms with van der Waals surface area (Å²) in [5.41, 5.74) is 2.15. The molecule has 1 aromatic heterocycles. The molecule has 0 bridgehead atoms. The Bertz CT molecular complexity index is 772. The lowest BCUT2D eigenvalue weighted by Crippen LogP contribution is -2.57. The monoisotopic (exact) mass is 356 g/mol. The third-order valence-corrected chi connectivity index (χ3v) is 5.07. The van der Waals surface area contributed by atoms with Crippen molar-refractivity contribution in [1.29, 1.82) is 0 Å². The van der Waals surface area contributed by atoms with Crippen LogP contribution in [0, 0.1) is 12.7 Å². The van der Waals surface area contributed by atoms with Crippen LogP contribution in [0.25, 0.3) is 0 Å². The highest BCUT2D eigenvalue weighted by Crippen LogP contribution is 2.28. The number of benzene rings is 1. The van der Waals surface area contributed by atoms with Crippen LogP contribution in [0.1, 0.15) is 24.1 Å². The molecule has 2 N–H and O–H groups in total. The highest BCUT2D eigenvalue weighted by atomic mass is 19.1. The van der Waals surface area contributed by atoms with Crippen molar-refractivity contribution in [3.8, 4) is 0 Å². The Balaban J connectivity index is 1.71. The molecule has 0 saturated carbocycles. The SMILES string of the molecule is CNC(=O)C1(Nc2cccc(F)c2)CCN(Cc2ncccc2C)CC1. The van der Waals surface area contributed by atoms with Crippen molar-refractivity contribution < 1.29 is 9.18 Å². The first-order valence-corrected chi connectivity index (χ1v) is 8.91. The normalized spacial score (nSPS) is 16.9. The van der Waals surface area contributed by atoms with E-state index in [-0.39, 0.29) is 11.7 Å². The Hall–Kier alpha value is -2.47. The second kappa shape index (κ2) is 7.83. The van der Waals surface area contributed by atoms with Gasteiger partial charge in [-0.3, -0.25) is 14.7 Å². The smallest absolute Gasteiger partial charge is 0.245 e. The minimum atomic E-state index is -0.724. The van der Waals surface area contributed by atoms with E-state index < -0.39 is 5.54 Å². The molecule has 26 heavy (non-hydrogen) atoms. The summed E-state index contributed by atoms with van der Waals surface area (Å²) in [5.74, 6) is -0.374. The molecule has 1 amide bonds. The molecule has 2 aromatic rings. The zero-order valence-corrected chi connectivity index (χ0v) is 15.3. The molecule has 0 unspecified atom stereocenters. The van der Waals surface area contributed by atoms with Crippen LogP contribution < -0.4 is 10.6 Å². The maximum absolute atomic E-state index is 13.5. The van der Waals surface area contributed by atoms with Crippen LogP contribution in [-0.2, 0) is 11.3 Å². The van der Waals surface area contributed by atoms with E-state index in [9.17, 15) is 9.18 Å². The molecule has 5 nitrogen and oxygen atoms in total. The number of rotatable bonds is 5. The highest BCUT2D eigenvalue weighted by Gasteiger charge is 2.41. The first kappa shape index (κ1) is 18.3. The molecule has 1 aliphatic heterocycles. The van der Waals surface area contributed by atoms with Crippen LogP contribution >= 0.6 is 0 Å². The van der Waals surface area contributed by atoms with E-state index in [4.69, 9.17) is 0 Å². The summed E-state index contributed by atoms with van der Waals surface area (Å²) < 4.78 is 13.5. The van der Waals surface area contributed by atoms with E-state index in [2.05, 4.69) is 33.5 Å². The van der Waals surface area contributed by atoms with Crippen molar-refractivity contribution in [2.24, 2.45) is 0 Å². The van der Waals surface area contributed by atoms with Crippen molar-refractivity contribution in [2.75, 3.05) is 25.5 Å². The van der Waals surface area contributed by atoms with Crippen molar-refractivity contribution in [3.05, 3.63) is 59.7 Å². The summed E-state index contributed by atoms with van der Waals surface area (Å²) in [5, 5.41) is 6.05. The van der Waals surface area contributed by atoms with Gasteiger partial charge in [-0.15, -0.1) is 0 Å². The van der Waals surface area contributed by atoms with Gasteiger partial charge in [0.1, 0.15) is 11.4 Å². The zero-order valence-electron chi connectivity index (χ0n) is 15.3. The van der Waals surface area contributed by atoms with E-state index in [1.807, 2.05) is 12.3 Å². The molecule has 0 spiro atoms. The molecule has 1 aliphatic rings. The van der Waals surface area contributed by atoms with Gasteiger partial charge in [-0.25, -0.2) is 4.39 Å². The van der Waals surface area contributed by atoms with Crippen molar-refractivity contribution in [3.63, 3.8) is 0 Å². The van der Waals surface area contributed by atoms with Gasteiger partial charge >= 0.3 is 0 Å². The number of aromatic nitrogens is 1. The number of hydrogen-bond acceptors (Lipinski definition) is 4. The first-order valence-electron chi connectivity index (χ1n) is 8.91. The lowest BCUT2D eigenvalue weighted by molar-refractivity contribution is -0.126. The van der Waals surface area contributed by atoms with E-state index in [1.165, 1.54) is 17.7 Å². The summed E-state index contributed by atoms with van der Waals surface area (Å²) in [6.07, 6.45) is 3.11. The molecule has 0 radical (unpaired) electrons. The van der Waals surface area contributed by atoms with E-state index >= 15 is 0 Å². The summed E-state index contributed by atoms with van der Waals surface area (Å²) in [7, 11) is 1.64. The number of halogens is 1. The number of amides is 1. The second-order valence-corrected chi connectivity index (χ2v) is 6.84. The molecule has 3 rings (SSSR count). The van der Waals surface area contributed by atoms with Gasteiger partial charge in [0.15, 0.2) is 0 Å². The van der Waals surface area contributed by atoms with Gasteiger partial charge < -0.3 is 10.6 Å². The molecule has 138 valence electrons. The number of carbonyl (C=O) groups is 1. The second-order valence-electron chi connectivity index (χ2n) is 6.84. The Morgan fingerprint density at radius 2 is 2.04 bits per heavy atom. The minimum absolute atomic E-state index is 0.0598. The Labute approximate surface area is 153 Å². The maximum atomic E-state index is 13.5. The van der Waals surface area contributed by atoms with Crippen molar-refractivity contribution >= 4 is 11.6 Å². The van der Waals surface area contributed by atoms with Crippen LogP contribution in [0.5, 0.6) is 0 Å². The molecule has 2 heterocycles. The number of carbonyl (C=O) groups excluding carboxylic acids is 1. The van der Waals surface area contributed by atoms with Gasteiger partial charge in [0.05, 0.1) is 5.69 Å². The number of anilines is 1. The van der Waals surface area contributed by atoms with Crippen molar-refractivity contribution in [1.82, 2.24) is 15.2 Å². The predicted octanol–water partition coefficient (Wildman–Crippen LogP) is 2.72. The van der Waals surface area contributed by atoms with Crippen LogP contribution in [0.3, 0.4) is 0 Å². The molecule has 1 saturated heterocycles. The third kappa shape index (κ3) is 4.02. The van der Waals surface area contributed by atoms with Crippen LogP contribution in [0.4, 0.5) is 10.1 Å². The number of likely N-dealkylation sites (tertiary alicyclic amines) is 1. The predicted molar refractivity (Wildman–Crippen MR) is 100 cm³/mol. The first-order chi connectivity index (χ1) is 12.5. The molecule has 1 aromatic carbocycles. The molecule has 0 aliphatic carbocycles. The van der Waals surface area contributed by atoms with Crippen molar-refractivity contribution in [2.45, 2.75) is 31.8 Å². The van der Waals surface area contributed by atoms with Gasteiger partial charge in [-0.2, -0.15) is 0 Å². The fourth-order valence-electron chi connectivity index (χ4n) is 3.48. The molecular formula is C20H25FN4O. The van der Waals surface area contributed by atoms with Gasteiger partial charge in [0.25, 0.3) is 0 Å². The molecule has 1 fully saturated rings. The quantitative estimate of drug-likeness (QED) is 0.865. The number of nitrogens with zero attached hydrogens (tertiary/aromatic N) is 2. The standard InChI is InChI=1S/C20H25FN4O/c1-15-5-4-10-23-18(15)14-25-11-8-20(9-12-25,19(26)22-2)24-17-7-3-6-16(21)13-17/h3-7,10,13,24H,8-9,11-12,14H2,1-2H3,(H,22,26). The summed E-state index contributed by atoms with van der Waals surface area (Å²) >= 11 is 0. The topological polar surface area (TPSA) is 57.3 Å². The average Bonchev–Trinajstić information content (AvgIpc) is 2.64. The summed E-state index contributed by atoms with van der Waals surface area (Å²) in [6.45, 7) is 4.38. The van der Waals surface area contributed by atoms with Gasteiger partial charge in [-0.1, -0.05) is 12.1 Å². The molecule has 0 atom stereocenters. The fraction of sp³-hybridized carbons (Fsp3) is 0.400. The average molecular weight is 356 g/mol. The van der Waals surface area contributed by atoms with E-state index in [0.29, 0.717) is 18.5 Å². The Kier molecular flexibility index (Phi) is 5.52. The number of pyridine rings is 1. The van der Waals surface area contributed by atoms with Crippen LogP contribution in [0.15, 0.2) is 42.6 Å².